The predicted octanol–water partition coefficient (Wildman–Crippen LogP) is 1.84. The molecule has 11 nitrogen and oxygen atoms in total. The van der Waals surface area contributed by atoms with Crippen molar-refractivity contribution in [2.24, 2.45) is 0 Å². The number of furan rings is 1. The number of rotatable bonds is 7. The summed E-state index contributed by atoms with van der Waals surface area (Å²) in [5.74, 6) is 2.51. The second kappa shape index (κ2) is 10.2. The number of piperazine rings is 1. The van der Waals surface area contributed by atoms with Crippen LogP contribution in [0.1, 0.15) is 5.76 Å². The van der Waals surface area contributed by atoms with Gasteiger partial charge in [0.25, 0.3) is 0 Å². The van der Waals surface area contributed by atoms with Gasteiger partial charge in [-0.05, 0) is 24.3 Å². The van der Waals surface area contributed by atoms with Crippen LogP contribution in [0.5, 0.6) is 5.75 Å². The molecule has 36 heavy (non-hydrogen) atoms. The van der Waals surface area contributed by atoms with E-state index in [4.69, 9.17) is 19.1 Å². The Balaban J connectivity index is 1.21. The van der Waals surface area contributed by atoms with Crippen LogP contribution < -0.4 is 4.90 Å². The second-order valence-corrected chi connectivity index (χ2v) is 9.20. The summed E-state index contributed by atoms with van der Waals surface area (Å²) in [5.41, 5.74) is 2.16. The van der Waals surface area contributed by atoms with Crippen LogP contribution in [0.2, 0.25) is 0 Å². The molecule has 5 heterocycles. The second-order valence-electron chi connectivity index (χ2n) is 9.20. The fourth-order valence-electron chi connectivity index (χ4n) is 4.79. The highest BCUT2D eigenvalue weighted by Gasteiger charge is 2.23. The summed E-state index contributed by atoms with van der Waals surface area (Å²) in [4.78, 5) is 16.7. The van der Waals surface area contributed by atoms with Crippen molar-refractivity contribution in [2.75, 3.05) is 63.9 Å². The van der Waals surface area contributed by atoms with Crippen molar-refractivity contribution >= 4 is 17.0 Å². The molecule has 188 valence electrons. The van der Waals surface area contributed by atoms with Crippen LogP contribution in [0.15, 0.2) is 47.1 Å². The highest BCUT2D eigenvalue weighted by Crippen LogP contribution is 2.28. The van der Waals surface area contributed by atoms with E-state index in [2.05, 4.69) is 25.0 Å². The average Bonchev–Trinajstić information content (AvgIpc) is 3.58. The molecule has 0 radical (unpaired) electrons. The number of benzene rings is 1. The number of ether oxygens (including phenoxy) is 1. The summed E-state index contributed by atoms with van der Waals surface area (Å²) < 4.78 is 12.9. The third-order valence-electron chi connectivity index (χ3n) is 6.81. The Morgan fingerprint density at radius 2 is 1.72 bits per heavy atom. The van der Waals surface area contributed by atoms with Gasteiger partial charge in [0.05, 0.1) is 32.6 Å². The zero-order valence-corrected chi connectivity index (χ0v) is 20.2. The molecule has 0 saturated carbocycles. The Morgan fingerprint density at radius 3 is 2.50 bits per heavy atom. The lowest BCUT2D eigenvalue weighted by Gasteiger charge is -2.34. The molecule has 0 unspecified atom stereocenters. The van der Waals surface area contributed by atoms with Crippen LogP contribution in [0.4, 0.5) is 5.82 Å². The quantitative estimate of drug-likeness (QED) is 0.412. The molecule has 0 amide bonds. The first kappa shape index (κ1) is 22.9. The summed E-state index contributed by atoms with van der Waals surface area (Å²) in [6.45, 7) is 9.17. The first-order valence-electron chi connectivity index (χ1n) is 12.4. The monoisotopic (exact) mass is 490 g/mol. The maximum Gasteiger partial charge on any atom is 0.184 e. The molecular formula is C25H30N8O3. The molecular weight excluding hydrogens is 460 g/mol. The molecule has 6 rings (SSSR count). The number of nitrogens with zero attached hydrogens (tertiary/aromatic N) is 8. The third-order valence-corrected chi connectivity index (χ3v) is 6.81. The molecule has 0 aliphatic carbocycles. The zero-order chi connectivity index (χ0) is 24.3. The highest BCUT2D eigenvalue weighted by molar-refractivity contribution is 5.85. The van der Waals surface area contributed by atoms with Crippen molar-refractivity contribution in [2.45, 2.75) is 13.1 Å². The van der Waals surface area contributed by atoms with Crippen LogP contribution in [0, 0.1) is 0 Å². The molecule has 1 N–H and O–H groups in total. The number of phenols is 1. The lowest BCUT2D eigenvalue weighted by atomic mass is 10.2. The minimum absolute atomic E-state index is 0.182. The fourth-order valence-corrected chi connectivity index (χ4v) is 4.79. The Hall–Kier alpha value is -3.54. The SMILES string of the molecule is Oc1cccc(-c2nc(N3CCOCC3)c3nnn(CCN4CCN(Cc5ccco5)CC4)c3n2)c1. The van der Waals surface area contributed by atoms with Crippen molar-refractivity contribution in [3.8, 4) is 17.1 Å². The van der Waals surface area contributed by atoms with Gasteiger partial charge in [0.1, 0.15) is 11.5 Å². The Morgan fingerprint density at radius 1 is 0.889 bits per heavy atom. The molecule has 2 aliphatic rings. The average molecular weight is 491 g/mol. The number of hydrogen-bond acceptors (Lipinski definition) is 10. The van der Waals surface area contributed by atoms with Crippen LogP contribution in [0.25, 0.3) is 22.6 Å². The summed E-state index contributed by atoms with van der Waals surface area (Å²) in [6, 6.07) is 11.0. The lowest BCUT2D eigenvalue weighted by molar-refractivity contribution is 0.117. The fraction of sp³-hybridized carbons (Fsp3) is 0.440. The maximum absolute atomic E-state index is 10.0. The minimum atomic E-state index is 0.182. The van der Waals surface area contributed by atoms with Gasteiger partial charge < -0.3 is 19.2 Å². The minimum Gasteiger partial charge on any atom is -0.508 e. The Kier molecular flexibility index (Phi) is 6.50. The topological polar surface area (TPSA) is 109 Å². The van der Waals surface area contributed by atoms with Gasteiger partial charge in [-0.15, -0.1) is 5.10 Å². The first-order valence-corrected chi connectivity index (χ1v) is 12.4. The molecule has 3 aromatic heterocycles. The molecule has 2 saturated heterocycles. The van der Waals surface area contributed by atoms with Gasteiger partial charge >= 0.3 is 0 Å². The Bertz CT molecular complexity index is 1290. The zero-order valence-electron chi connectivity index (χ0n) is 20.2. The lowest BCUT2D eigenvalue weighted by Crippen LogP contribution is -2.46. The van der Waals surface area contributed by atoms with E-state index in [9.17, 15) is 5.11 Å². The van der Waals surface area contributed by atoms with E-state index in [1.54, 1.807) is 24.5 Å². The van der Waals surface area contributed by atoms with Gasteiger partial charge in [-0.3, -0.25) is 9.80 Å². The largest absolute Gasteiger partial charge is 0.508 e. The van der Waals surface area contributed by atoms with E-state index >= 15 is 0 Å². The number of aromatic nitrogens is 5. The Labute approximate surface area is 208 Å². The normalized spacial score (nSPS) is 17.7. The molecule has 0 spiro atoms. The van der Waals surface area contributed by atoms with Gasteiger partial charge in [0.15, 0.2) is 22.8 Å². The third kappa shape index (κ3) is 4.90. The van der Waals surface area contributed by atoms with Gasteiger partial charge in [0, 0.05) is 51.4 Å². The van der Waals surface area contributed by atoms with Crippen LogP contribution in [0.3, 0.4) is 0 Å². The van der Waals surface area contributed by atoms with Crippen molar-refractivity contribution in [1.82, 2.24) is 34.8 Å². The summed E-state index contributed by atoms with van der Waals surface area (Å²) in [5, 5.41) is 19.0. The standard InChI is InChI=1S/C25H30N8O3/c34-20-4-1-3-19(17-20)23-26-24(32-12-15-35-16-13-32)22-25(27-23)33(29-28-22)11-10-30-6-8-31(9-7-30)18-21-5-2-14-36-21/h1-5,14,17,34H,6-13,15-16,18H2. The van der Waals surface area contributed by atoms with E-state index < -0.39 is 0 Å². The summed E-state index contributed by atoms with van der Waals surface area (Å²) in [6.07, 6.45) is 1.73. The van der Waals surface area contributed by atoms with Gasteiger partial charge in [-0.25, -0.2) is 14.6 Å². The number of hydrogen-bond donors (Lipinski definition) is 1. The molecule has 0 atom stereocenters. The highest BCUT2D eigenvalue weighted by atomic mass is 16.5. The van der Waals surface area contributed by atoms with Crippen molar-refractivity contribution < 1.29 is 14.3 Å². The van der Waals surface area contributed by atoms with Crippen LogP contribution in [-0.4, -0.2) is 98.9 Å². The van der Waals surface area contributed by atoms with Gasteiger partial charge in [-0.1, -0.05) is 17.3 Å². The summed E-state index contributed by atoms with van der Waals surface area (Å²) in [7, 11) is 0. The number of morpholine rings is 1. The van der Waals surface area contributed by atoms with E-state index in [0.717, 1.165) is 69.5 Å². The molecule has 4 aromatic rings. The van der Waals surface area contributed by atoms with Gasteiger partial charge in [0.2, 0.25) is 0 Å². The van der Waals surface area contributed by atoms with Crippen LogP contribution in [-0.2, 0) is 17.8 Å². The molecule has 2 fully saturated rings. The predicted molar refractivity (Wildman–Crippen MR) is 134 cm³/mol. The van der Waals surface area contributed by atoms with Crippen molar-refractivity contribution in [3.05, 3.63) is 48.4 Å². The number of fused-ring (bicyclic) bond motifs is 1. The molecule has 11 heteroatoms. The first-order chi connectivity index (χ1) is 17.7. The van der Waals surface area contributed by atoms with Gasteiger partial charge in [-0.2, -0.15) is 0 Å². The summed E-state index contributed by atoms with van der Waals surface area (Å²) >= 11 is 0. The van der Waals surface area contributed by atoms with Crippen molar-refractivity contribution in [3.63, 3.8) is 0 Å². The maximum atomic E-state index is 10.0. The van der Waals surface area contributed by atoms with E-state index in [-0.39, 0.29) is 5.75 Å². The number of phenolic OH excluding ortho intramolecular Hbond substituents is 1. The molecule has 0 bridgehead atoms. The number of anilines is 1. The molecule has 2 aliphatic heterocycles. The van der Waals surface area contributed by atoms with E-state index in [1.807, 2.05) is 22.9 Å². The van der Waals surface area contributed by atoms with Crippen LogP contribution >= 0.6 is 0 Å². The molecule has 1 aromatic carbocycles. The number of aromatic hydroxyl groups is 1. The van der Waals surface area contributed by atoms with Crippen molar-refractivity contribution in [1.29, 1.82) is 0 Å². The van der Waals surface area contributed by atoms with E-state index in [1.165, 1.54) is 0 Å². The van der Waals surface area contributed by atoms with E-state index in [0.29, 0.717) is 36.7 Å². The smallest absolute Gasteiger partial charge is 0.184 e.